The predicted octanol–water partition coefficient (Wildman–Crippen LogP) is 1.23. The molecule has 0 aliphatic rings. The zero-order chi connectivity index (χ0) is 15.9. The summed E-state index contributed by atoms with van der Waals surface area (Å²) in [4.78, 5) is 52.2. The summed E-state index contributed by atoms with van der Waals surface area (Å²) in [5, 5.41) is -0.352. The topological polar surface area (TPSA) is 143 Å². The van der Waals surface area contributed by atoms with E-state index in [0.29, 0.717) is 12.8 Å². The molecule has 0 fully saturated rings. The highest BCUT2D eigenvalue weighted by molar-refractivity contribution is 8.00. The quantitative estimate of drug-likeness (QED) is 0.203. The second kappa shape index (κ2) is 8.31. The van der Waals surface area contributed by atoms with E-state index in [9.17, 15) is 4.57 Å². The third-order valence-electron chi connectivity index (χ3n) is 2.22. The number of aliphatic imine (C=N–C) groups is 1. The molecule has 0 aromatic carbocycles. The average Bonchev–Trinajstić information content (AvgIpc) is 2.35. The molecule has 21 heavy (non-hydrogen) atoms. The maximum Gasteiger partial charge on any atom is 0.469 e. The van der Waals surface area contributed by atoms with Gasteiger partial charge in [-0.2, -0.15) is 14.7 Å². The van der Waals surface area contributed by atoms with Crippen LogP contribution >= 0.6 is 27.3 Å². The summed E-state index contributed by atoms with van der Waals surface area (Å²) >= 11 is 1.54. The molecule has 0 atom stereocenters. The van der Waals surface area contributed by atoms with Gasteiger partial charge in [-0.3, -0.25) is 0 Å². The molecule has 0 bridgehead atoms. The SMILES string of the molecule is O=P(O)(O)C(=NCCCCSc1ccccn1)[P+](O)(O)O. The third kappa shape index (κ3) is 7.44. The zero-order valence-corrected chi connectivity index (χ0v) is 13.6. The maximum absolute atomic E-state index is 11.0. The van der Waals surface area contributed by atoms with E-state index in [1.807, 2.05) is 18.2 Å². The van der Waals surface area contributed by atoms with Crippen molar-refractivity contribution < 1.29 is 29.0 Å². The van der Waals surface area contributed by atoms with Crippen LogP contribution in [0.25, 0.3) is 0 Å². The fourth-order valence-electron chi connectivity index (χ4n) is 1.36. The first-order valence-corrected chi connectivity index (χ1v) is 10.2. The van der Waals surface area contributed by atoms with Crippen LogP contribution in [0.1, 0.15) is 12.8 Å². The minimum Gasteiger partial charge on any atom is -0.317 e. The Bertz CT molecular complexity index is 516. The molecule has 0 amide bonds. The van der Waals surface area contributed by atoms with Crippen LogP contribution in [0.4, 0.5) is 0 Å². The smallest absolute Gasteiger partial charge is 0.317 e. The minimum atomic E-state index is -4.97. The van der Waals surface area contributed by atoms with Gasteiger partial charge in [-0.15, -0.1) is 11.8 Å². The zero-order valence-electron chi connectivity index (χ0n) is 11.0. The van der Waals surface area contributed by atoms with Crippen molar-refractivity contribution in [3.63, 3.8) is 0 Å². The van der Waals surface area contributed by atoms with Gasteiger partial charge in [-0.1, -0.05) is 6.07 Å². The highest BCUT2D eigenvalue weighted by Crippen LogP contribution is 2.60. The first kappa shape index (κ1) is 18.7. The van der Waals surface area contributed by atoms with Crippen molar-refractivity contribution in [1.82, 2.24) is 4.98 Å². The summed E-state index contributed by atoms with van der Waals surface area (Å²) < 4.78 is 11.0. The van der Waals surface area contributed by atoms with Crippen molar-refractivity contribution in [1.29, 1.82) is 0 Å². The third-order valence-corrected chi connectivity index (χ3v) is 6.18. The predicted molar refractivity (Wildman–Crippen MR) is 82.1 cm³/mol. The molecule has 0 aliphatic heterocycles. The molecule has 0 radical (unpaired) electrons. The van der Waals surface area contributed by atoms with E-state index in [0.717, 1.165) is 10.8 Å². The van der Waals surface area contributed by atoms with Crippen LogP contribution in [0.5, 0.6) is 0 Å². The number of pyridine rings is 1. The summed E-state index contributed by atoms with van der Waals surface area (Å²) in [6.07, 6.45) is 2.88. The van der Waals surface area contributed by atoms with Crippen LogP contribution in [0.2, 0.25) is 0 Å². The van der Waals surface area contributed by atoms with Crippen LogP contribution in [0.15, 0.2) is 34.4 Å². The molecule has 1 aromatic rings. The first-order chi connectivity index (χ1) is 9.71. The van der Waals surface area contributed by atoms with E-state index in [1.165, 1.54) is 11.8 Å². The van der Waals surface area contributed by atoms with Gasteiger partial charge in [0, 0.05) is 12.7 Å². The van der Waals surface area contributed by atoms with Crippen LogP contribution in [-0.4, -0.2) is 46.9 Å². The molecule has 1 heterocycles. The van der Waals surface area contributed by atoms with E-state index in [4.69, 9.17) is 24.5 Å². The first-order valence-electron chi connectivity index (χ1n) is 5.93. The van der Waals surface area contributed by atoms with Gasteiger partial charge in [-0.25, -0.2) is 14.5 Å². The number of thioether (sulfide) groups is 1. The Morgan fingerprint density at radius 1 is 1.29 bits per heavy atom. The van der Waals surface area contributed by atoms with E-state index in [2.05, 4.69) is 9.98 Å². The number of aromatic nitrogens is 1. The van der Waals surface area contributed by atoms with Gasteiger partial charge < -0.3 is 9.79 Å². The van der Waals surface area contributed by atoms with Crippen molar-refractivity contribution in [3.05, 3.63) is 24.4 Å². The monoisotopic (exact) mass is 355 g/mol. The number of hydrogen-bond donors (Lipinski definition) is 5. The Morgan fingerprint density at radius 2 is 2.00 bits per heavy atom. The Labute approximate surface area is 126 Å². The van der Waals surface area contributed by atoms with Gasteiger partial charge in [0.15, 0.2) is 0 Å². The molecular weight excluding hydrogens is 338 g/mol. The molecule has 1 rings (SSSR count). The highest BCUT2D eigenvalue weighted by Gasteiger charge is 2.51. The Morgan fingerprint density at radius 3 is 2.52 bits per heavy atom. The van der Waals surface area contributed by atoms with Gasteiger partial charge in [0.05, 0.1) is 5.03 Å². The lowest BCUT2D eigenvalue weighted by Crippen LogP contribution is -2.07. The van der Waals surface area contributed by atoms with E-state index < -0.39 is 20.7 Å². The standard InChI is InChI=1S/C10H16N2O6P2S/c13-19(14,15)10(20(16,17)18)12-7-3-4-8-21-9-5-1-2-6-11-9/h1-2,5-6,13-15H,3-4,7-8H2,(H-,16,17,18)/p+1. The number of hydrogen-bond acceptors (Lipinski definition) is 7. The van der Waals surface area contributed by atoms with Gasteiger partial charge in [0.25, 0.3) is 0 Å². The summed E-state index contributed by atoms with van der Waals surface area (Å²) in [6.45, 7) is -0.00729. The van der Waals surface area contributed by atoms with Crippen LogP contribution in [0.3, 0.4) is 0 Å². The Kier molecular flexibility index (Phi) is 7.39. The van der Waals surface area contributed by atoms with E-state index in [-0.39, 0.29) is 6.54 Å². The second-order valence-corrected chi connectivity index (χ2v) is 8.56. The minimum absolute atomic E-state index is 0.00729. The van der Waals surface area contributed by atoms with E-state index >= 15 is 0 Å². The molecule has 8 nitrogen and oxygen atoms in total. The molecule has 0 saturated heterocycles. The lowest BCUT2D eigenvalue weighted by atomic mass is 10.3. The highest BCUT2D eigenvalue weighted by atomic mass is 32.2. The van der Waals surface area contributed by atoms with Crippen molar-refractivity contribution in [2.45, 2.75) is 17.9 Å². The van der Waals surface area contributed by atoms with Crippen molar-refractivity contribution in [3.8, 4) is 0 Å². The lowest BCUT2D eigenvalue weighted by Gasteiger charge is -2.07. The van der Waals surface area contributed by atoms with Gasteiger partial charge in [-0.05, 0) is 30.7 Å². The maximum atomic E-state index is 11.0. The Balaban J connectivity index is 2.38. The van der Waals surface area contributed by atoms with Crippen LogP contribution in [-0.2, 0) is 4.57 Å². The normalized spacial score (nSPS) is 13.5. The lowest BCUT2D eigenvalue weighted by molar-refractivity contribution is 0.348. The van der Waals surface area contributed by atoms with Crippen molar-refractivity contribution in [2.75, 3.05) is 12.3 Å². The summed E-state index contributed by atoms with van der Waals surface area (Å²) in [5.74, 6) is 0.745. The average molecular weight is 355 g/mol. The molecule has 5 N–H and O–H groups in total. The van der Waals surface area contributed by atoms with Gasteiger partial charge >= 0.3 is 20.7 Å². The molecule has 1 aromatic heterocycles. The fraction of sp³-hybridized carbons (Fsp3) is 0.400. The molecule has 0 aliphatic carbocycles. The number of rotatable bonds is 8. The van der Waals surface area contributed by atoms with Crippen molar-refractivity contribution >= 4 is 32.5 Å². The summed E-state index contributed by atoms with van der Waals surface area (Å²) in [5.41, 5.74) is 0. The van der Waals surface area contributed by atoms with Crippen molar-refractivity contribution in [2.24, 2.45) is 4.99 Å². The van der Waals surface area contributed by atoms with E-state index in [1.54, 1.807) is 6.20 Å². The molecule has 0 saturated carbocycles. The number of unbranched alkanes of at least 4 members (excludes halogenated alkanes) is 1. The second-order valence-electron chi connectivity index (χ2n) is 4.02. The molecule has 118 valence electrons. The molecule has 0 unspecified atom stereocenters. The fourth-order valence-corrected chi connectivity index (χ4v) is 4.20. The van der Waals surface area contributed by atoms with Gasteiger partial charge in [0.2, 0.25) is 0 Å². The van der Waals surface area contributed by atoms with Crippen LogP contribution in [0, 0.1) is 0 Å². The number of nitrogens with zero attached hydrogens (tertiary/aromatic N) is 2. The molecule has 0 spiro atoms. The molecular formula is C10H17N2O6P2S+. The van der Waals surface area contributed by atoms with Gasteiger partial charge in [0.1, 0.15) is 0 Å². The van der Waals surface area contributed by atoms with Crippen LogP contribution < -0.4 is 0 Å². The largest absolute Gasteiger partial charge is 0.469 e. The summed E-state index contributed by atoms with van der Waals surface area (Å²) in [6, 6.07) is 5.56. The molecule has 11 heteroatoms. The summed E-state index contributed by atoms with van der Waals surface area (Å²) in [7, 11) is -9.75. The Hall–Kier alpha value is -0.370.